The molecule has 0 saturated heterocycles. The topological polar surface area (TPSA) is 90.1 Å². The van der Waals surface area contributed by atoms with E-state index >= 15 is 0 Å². The fourth-order valence-corrected chi connectivity index (χ4v) is 2.92. The predicted octanol–water partition coefficient (Wildman–Crippen LogP) is 4.59. The van der Waals surface area contributed by atoms with Crippen LogP contribution in [0.15, 0.2) is 48.5 Å². The van der Waals surface area contributed by atoms with Crippen LogP contribution in [-0.4, -0.2) is 26.7 Å². The molecule has 29 heavy (non-hydrogen) atoms. The molecule has 7 heteroatoms. The first-order valence-electron chi connectivity index (χ1n) is 9.53. The monoisotopic (exact) mass is 392 g/mol. The maximum absolute atomic E-state index is 12.9. The molecule has 1 aromatic heterocycles. The predicted molar refractivity (Wildman–Crippen MR) is 112 cm³/mol. The Morgan fingerprint density at radius 1 is 1.17 bits per heavy atom. The van der Waals surface area contributed by atoms with Crippen LogP contribution in [0.25, 0.3) is 16.9 Å². The molecule has 2 aromatic carbocycles. The van der Waals surface area contributed by atoms with Crippen LogP contribution < -0.4 is 5.32 Å². The van der Waals surface area contributed by atoms with Crippen molar-refractivity contribution < 1.29 is 9.72 Å². The maximum Gasteiger partial charge on any atom is 0.271 e. The Bertz CT molecular complexity index is 1070. The number of nitro groups is 1. The van der Waals surface area contributed by atoms with E-state index in [2.05, 4.69) is 10.4 Å². The van der Waals surface area contributed by atoms with Crippen molar-refractivity contribution in [2.45, 2.75) is 40.2 Å². The van der Waals surface area contributed by atoms with E-state index in [1.807, 2.05) is 45.9 Å². The summed E-state index contributed by atoms with van der Waals surface area (Å²) in [5, 5.41) is 18.7. The van der Waals surface area contributed by atoms with Gasteiger partial charge < -0.3 is 5.32 Å². The van der Waals surface area contributed by atoms with Gasteiger partial charge in [-0.15, -0.1) is 0 Å². The van der Waals surface area contributed by atoms with Gasteiger partial charge in [-0.05, 0) is 56.5 Å². The minimum atomic E-state index is -0.462. The minimum Gasteiger partial charge on any atom is -0.348 e. The molecule has 0 fully saturated rings. The molecule has 7 nitrogen and oxygen atoms in total. The van der Waals surface area contributed by atoms with E-state index in [-0.39, 0.29) is 17.6 Å². The highest BCUT2D eigenvalue weighted by molar-refractivity contribution is 5.94. The van der Waals surface area contributed by atoms with Gasteiger partial charge >= 0.3 is 0 Å². The van der Waals surface area contributed by atoms with Crippen molar-refractivity contribution in [1.29, 1.82) is 0 Å². The lowest BCUT2D eigenvalue weighted by atomic mass is 10.0. The number of hydrogen-bond acceptors (Lipinski definition) is 4. The molecular weight excluding hydrogens is 368 g/mol. The molecule has 0 aliphatic heterocycles. The van der Waals surface area contributed by atoms with Crippen LogP contribution >= 0.6 is 0 Å². The normalized spacial score (nSPS) is 11.9. The van der Waals surface area contributed by atoms with Gasteiger partial charge in [-0.3, -0.25) is 14.9 Å². The van der Waals surface area contributed by atoms with Crippen molar-refractivity contribution in [3.63, 3.8) is 0 Å². The molecule has 3 rings (SSSR count). The molecule has 0 radical (unpaired) electrons. The fourth-order valence-electron chi connectivity index (χ4n) is 2.92. The van der Waals surface area contributed by atoms with Crippen LogP contribution in [0.3, 0.4) is 0 Å². The number of benzene rings is 2. The highest BCUT2D eigenvalue weighted by Crippen LogP contribution is 2.25. The van der Waals surface area contributed by atoms with Crippen LogP contribution in [-0.2, 0) is 0 Å². The molecule has 0 unspecified atom stereocenters. The summed E-state index contributed by atoms with van der Waals surface area (Å²) in [5.41, 5.74) is 4.55. The quantitative estimate of drug-likeness (QED) is 0.491. The van der Waals surface area contributed by atoms with Gasteiger partial charge in [0.25, 0.3) is 11.6 Å². The Morgan fingerprint density at radius 3 is 2.59 bits per heavy atom. The van der Waals surface area contributed by atoms with Crippen molar-refractivity contribution >= 4 is 11.6 Å². The summed E-state index contributed by atoms with van der Waals surface area (Å²) in [6.45, 7) is 7.97. The molecule has 0 bridgehead atoms. The molecule has 1 amide bonds. The van der Waals surface area contributed by atoms with Crippen LogP contribution in [0, 0.1) is 24.0 Å². The van der Waals surface area contributed by atoms with Crippen molar-refractivity contribution in [3.8, 4) is 16.9 Å². The molecule has 0 saturated carbocycles. The van der Waals surface area contributed by atoms with E-state index in [0.717, 1.165) is 17.5 Å². The van der Waals surface area contributed by atoms with E-state index in [1.54, 1.807) is 18.2 Å². The molecule has 0 aliphatic rings. The molecule has 3 aromatic rings. The van der Waals surface area contributed by atoms with Gasteiger partial charge in [-0.1, -0.05) is 25.1 Å². The van der Waals surface area contributed by atoms with Crippen LogP contribution in [0.2, 0.25) is 0 Å². The van der Waals surface area contributed by atoms with Gasteiger partial charge in [0, 0.05) is 23.7 Å². The van der Waals surface area contributed by atoms with E-state index < -0.39 is 4.92 Å². The highest BCUT2D eigenvalue weighted by Gasteiger charge is 2.20. The third-order valence-electron chi connectivity index (χ3n) is 5.02. The number of rotatable bonds is 6. The van der Waals surface area contributed by atoms with Crippen molar-refractivity contribution in [1.82, 2.24) is 15.1 Å². The van der Waals surface area contributed by atoms with Gasteiger partial charge in [-0.2, -0.15) is 5.10 Å². The first-order chi connectivity index (χ1) is 13.8. The second kappa shape index (κ2) is 8.26. The Kier molecular flexibility index (Phi) is 5.77. The number of carbonyl (C=O) groups excluding carboxylic acids is 1. The first kappa shape index (κ1) is 20.3. The fraction of sp³-hybridized carbons (Fsp3) is 0.273. The van der Waals surface area contributed by atoms with Gasteiger partial charge in [-0.25, -0.2) is 4.68 Å². The van der Waals surface area contributed by atoms with Crippen LogP contribution in [0.5, 0.6) is 0 Å². The van der Waals surface area contributed by atoms with Crippen molar-refractivity contribution in [3.05, 3.63) is 75.5 Å². The van der Waals surface area contributed by atoms with Gasteiger partial charge in [0.1, 0.15) is 5.69 Å². The molecule has 1 atom stereocenters. The van der Waals surface area contributed by atoms with E-state index in [0.29, 0.717) is 17.1 Å². The van der Waals surface area contributed by atoms with E-state index in [4.69, 9.17) is 0 Å². The average molecular weight is 392 g/mol. The van der Waals surface area contributed by atoms with Gasteiger partial charge in [0.05, 0.1) is 16.3 Å². The summed E-state index contributed by atoms with van der Waals surface area (Å²) < 4.78 is 1.47. The lowest BCUT2D eigenvalue weighted by Gasteiger charge is -2.12. The van der Waals surface area contributed by atoms with Crippen LogP contribution in [0.4, 0.5) is 5.69 Å². The number of amides is 1. The third kappa shape index (κ3) is 4.34. The molecule has 0 spiro atoms. The third-order valence-corrected chi connectivity index (χ3v) is 5.02. The standard InChI is InChI=1S/C22H24N4O3/c1-5-16(4)23-22(27)21-13-20(17-10-9-14(2)15(3)11-17)24-25(21)18-7-6-8-19(12-18)26(28)29/h6-13,16H,5H2,1-4H3,(H,23,27)/t16-/m0/s1. The number of nitro benzene ring substituents is 1. The number of non-ortho nitro benzene ring substituents is 1. The van der Waals surface area contributed by atoms with Crippen molar-refractivity contribution in [2.75, 3.05) is 0 Å². The van der Waals surface area contributed by atoms with Crippen LogP contribution in [0.1, 0.15) is 41.9 Å². The zero-order valence-electron chi connectivity index (χ0n) is 17.0. The second-order valence-electron chi connectivity index (χ2n) is 7.19. The zero-order chi connectivity index (χ0) is 21.1. The molecule has 150 valence electrons. The van der Waals surface area contributed by atoms with E-state index in [9.17, 15) is 14.9 Å². The Hall–Kier alpha value is -3.48. The summed E-state index contributed by atoms with van der Waals surface area (Å²) in [4.78, 5) is 23.6. The Labute approximate surface area is 169 Å². The number of aromatic nitrogens is 2. The summed E-state index contributed by atoms with van der Waals surface area (Å²) in [5.74, 6) is -0.270. The summed E-state index contributed by atoms with van der Waals surface area (Å²) in [6.07, 6.45) is 0.792. The molecule has 1 N–H and O–H groups in total. The van der Waals surface area contributed by atoms with E-state index in [1.165, 1.54) is 22.4 Å². The number of hydrogen-bond donors (Lipinski definition) is 1. The van der Waals surface area contributed by atoms with Gasteiger partial charge in [0.15, 0.2) is 0 Å². The number of nitrogens with zero attached hydrogens (tertiary/aromatic N) is 3. The second-order valence-corrected chi connectivity index (χ2v) is 7.19. The zero-order valence-corrected chi connectivity index (χ0v) is 17.0. The van der Waals surface area contributed by atoms with Gasteiger partial charge in [0.2, 0.25) is 0 Å². The lowest BCUT2D eigenvalue weighted by Crippen LogP contribution is -2.33. The summed E-state index contributed by atoms with van der Waals surface area (Å²) in [6, 6.07) is 13.8. The maximum atomic E-state index is 12.9. The molecular formula is C22H24N4O3. The number of carbonyl (C=O) groups is 1. The molecule has 1 heterocycles. The highest BCUT2D eigenvalue weighted by atomic mass is 16.6. The largest absolute Gasteiger partial charge is 0.348 e. The first-order valence-corrected chi connectivity index (χ1v) is 9.53. The minimum absolute atomic E-state index is 0.000953. The number of nitrogens with one attached hydrogen (secondary N) is 1. The average Bonchev–Trinajstić information content (AvgIpc) is 3.15. The van der Waals surface area contributed by atoms with Crippen molar-refractivity contribution in [2.24, 2.45) is 0 Å². The summed E-state index contributed by atoms with van der Waals surface area (Å²) >= 11 is 0. The smallest absolute Gasteiger partial charge is 0.271 e. The Morgan fingerprint density at radius 2 is 1.93 bits per heavy atom. The number of aryl methyl sites for hydroxylation is 2. The SMILES string of the molecule is CC[C@H](C)NC(=O)c1cc(-c2ccc(C)c(C)c2)nn1-c1cccc([N+](=O)[O-])c1. The lowest BCUT2D eigenvalue weighted by molar-refractivity contribution is -0.384. The summed E-state index contributed by atoms with van der Waals surface area (Å²) in [7, 11) is 0. The molecule has 0 aliphatic carbocycles. The Balaban J connectivity index is 2.13.